The fourth-order valence-corrected chi connectivity index (χ4v) is 4.22. The molecule has 0 spiro atoms. The lowest BCUT2D eigenvalue weighted by atomic mass is 10.1. The van der Waals surface area contributed by atoms with E-state index < -0.39 is 11.8 Å². The van der Waals surface area contributed by atoms with E-state index in [2.05, 4.69) is 32.4 Å². The molecule has 0 saturated carbocycles. The molecule has 0 bridgehead atoms. The molecule has 5 nitrogen and oxygen atoms in total. The van der Waals surface area contributed by atoms with Crippen molar-refractivity contribution in [1.82, 2.24) is 10.2 Å². The normalized spacial score (nSPS) is 16.3. The van der Waals surface area contributed by atoms with Gasteiger partial charge in [-0.2, -0.15) is 11.3 Å². The van der Waals surface area contributed by atoms with E-state index in [4.69, 9.17) is 0 Å². The average Bonchev–Trinajstić information content (AvgIpc) is 3.04. The predicted octanol–water partition coefficient (Wildman–Crippen LogP) is 3.73. The zero-order valence-electron chi connectivity index (χ0n) is 15.7. The summed E-state index contributed by atoms with van der Waals surface area (Å²) >= 11 is 1.66. The second kappa shape index (κ2) is 9.67. The molecular formula is C21H27N3O2S. The standard InChI is InChI=1S/C21H27N3O2S/c1-16-7-6-8-18(13-16)23-21(26)20(25)22-14-19(17-9-12-27-15-17)24-10-4-2-3-5-11-24/h6-9,12-13,15,19H,2-5,10-11,14H2,1H3,(H,22,25)(H,23,26). The molecule has 2 heterocycles. The van der Waals surface area contributed by atoms with Crippen molar-refractivity contribution in [3.8, 4) is 0 Å². The Bertz CT molecular complexity index is 753. The van der Waals surface area contributed by atoms with Gasteiger partial charge in [0.15, 0.2) is 0 Å². The number of anilines is 1. The van der Waals surface area contributed by atoms with Gasteiger partial charge in [-0.25, -0.2) is 0 Å². The van der Waals surface area contributed by atoms with E-state index in [1.165, 1.54) is 31.2 Å². The van der Waals surface area contributed by atoms with E-state index in [0.29, 0.717) is 12.2 Å². The number of thiophene rings is 1. The topological polar surface area (TPSA) is 61.4 Å². The van der Waals surface area contributed by atoms with Gasteiger partial charge in [0.1, 0.15) is 0 Å². The fraction of sp³-hybridized carbons (Fsp3) is 0.429. The van der Waals surface area contributed by atoms with Crippen molar-refractivity contribution in [1.29, 1.82) is 0 Å². The molecule has 1 saturated heterocycles. The molecule has 1 aliphatic rings. The third-order valence-corrected chi connectivity index (χ3v) is 5.65. The van der Waals surface area contributed by atoms with Crippen LogP contribution < -0.4 is 10.6 Å². The second-order valence-corrected chi connectivity index (χ2v) is 7.84. The van der Waals surface area contributed by atoms with E-state index >= 15 is 0 Å². The molecule has 0 aliphatic carbocycles. The van der Waals surface area contributed by atoms with Gasteiger partial charge in [-0.15, -0.1) is 0 Å². The summed E-state index contributed by atoms with van der Waals surface area (Å²) in [6.07, 6.45) is 4.89. The van der Waals surface area contributed by atoms with Gasteiger partial charge >= 0.3 is 11.8 Å². The van der Waals surface area contributed by atoms with Crippen LogP contribution in [0.1, 0.15) is 42.9 Å². The maximum atomic E-state index is 12.3. The van der Waals surface area contributed by atoms with Gasteiger partial charge < -0.3 is 10.6 Å². The molecule has 3 rings (SSSR count). The van der Waals surface area contributed by atoms with Gasteiger partial charge in [0, 0.05) is 12.2 Å². The highest BCUT2D eigenvalue weighted by Gasteiger charge is 2.24. The lowest BCUT2D eigenvalue weighted by Crippen LogP contribution is -2.42. The largest absolute Gasteiger partial charge is 0.346 e. The fourth-order valence-electron chi connectivity index (χ4n) is 3.51. The van der Waals surface area contributed by atoms with Crippen LogP contribution in [0.3, 0.4) is 0 Å². The minimum atomic E-state index is -0.625. The Morgan fingerprint density at radius 1 is 1.11 bits per heavy atom. The van der Waals surface area contributed by atoms with Crippen molar-refractivity contribution in [2.45, 2.75) is 38.6 Å². The first kappa shape index (κ1) is 19.6. The monoisotopic (exact) mass is 385 g/mol. The second-order valence-electron chi connectivity index (χ2n) is 7.06. The van der Waals surface area contributed by atoms with Crippen LogP contribution in [0.5, 0.6) is 0 Å². The molecule has 1 aromatic heterocycles. The summed E-state index contributed by atoms with van der Waals surface area (Å²) in [5, 5.41) is 9.70. The number of aryl methyl sites for hydroxylation is 1. The molecule has 0 radical (unpaired) electrons. The third kappa shape index (κ3) is 5.65. The molecule has 1 fully saturated rings. The van der Waals surface area contributed by atoms with Gasteiger partial charge in [0.2, 0.25) is 0 Å². The van der Waals surface area contributed by atoms with Crippen LogP contribution in [-0.2, 0) is 9.59 Å². The quantitative estimate of drug-likeness (QED) is 0.771. The Balaban J connectivity index is 1.60. The van der Waals surface area contributed by atoms with E-state index in [1.807, 2.05) is 25.1 Å². The van der Waals surface area contributed by atoms with Crippen molar-refractivity contribution in [3.63, 3.8) is 0 Å². The van der Waals surface area contributed by atoms with Gasteiger partial charge in [0.05, 0.1) is 6.04 Å². The van der Waals surface area contributed by atoms with Crippen molar-refractivity contribution in [2.75, 3.05) is 25.0 Å². The first-order valence-corrected chi connectivity index (χ1v) is 10.5. The number of rotatable bonds is 5. The van der Waals surface area contributed by atoms with Gasteiger partial charge in [-0.05, 0) is 72.9 Å². The van der Waals surface area contributed by atoms with E-state index in [-0.39, 0.29) is 6.04 Å². The van der Waals surface area contributed by atoms with Crippen molar-refractivity contribution in [2.24, 2.45) is 0 Å². The molecule has 2 amide bonds. The Kier molecular flexibility index (Phi) is 7.01. The summed E-state index contributed by atoms with van der Waals surface area (Å²) in [6.45, 7) is 4.46. The number of hydrogen-bond donors (Lipinski definition) is 2. The van der Waals surface area contributed by atoms with Crippen molar-refractivity contribution < 1.29 is 9.59 Å². The number of benzene rings is 1. The molecule has 1 aromatic carbocycles. The molecule has 1 aliphatic heterocycles. The SMILES string of the molecule is Cc1cccc(NC(=O)C(=O)NCC(c2ccsc2)N2CCCCCC2)c1. The number of carbonyl (C=O) groups is 2. The van der Waals surface area contributed by atoms with E-state index in [9.17, 15) is 9.59 Å². The third-order valence-electron chi connectivity index (χ3n) is 4.95. The highest BCUT2D eigenvalue weighted by atomic mass is 32.1. The van der Waals surface area contributed by atoms with E-state index in [1.54, 1.807) is 17.4 Å². The average molecular weight is 386 g/mol. The van der Waals surface area contributed by atoms with Crippen LogP contribution in [0.2, 0.25) is 0 Å². The maximum absolute atomic E-state index is 12.3. The van der Waals surface area contributed by atoms with Gasteiger partial charge in [0.25, 0.3) is 0 Å². The minimum absolute atomic E-state index is 0.116. The van der Waals surface area contributed by atoms with E-state index in [0.717, 1.165) is 18.7 Å². The maximum Gasteiger partial charge on any atom is 0.313 e. The predicted molar refractivity (Wildman–Crippen MR) is 110 cm³/mol. The number of likely N-dealkylation sites (tertiary alicyclic amines) is 1. The summed E-state index contributed by atoms with van der Waals surface area (Å²) < 4.78 is 0. The number of carbonyl (C=O) groups excluding carboxylic acids is 2. The summed E-state index contributed by atoms with van der Waals surface area (Å²) in [5.41, 5.74) is 2.88. The Labute approximate surface area is 164 Å². The molecule has 144 valence electrons. The summed E-state index contributed by atoms with van der Waals surface area (Å²) in [5.74, 6) is -1.22. The van der Waals surface area contributed by atoms with Crippen molar-refractivity contribution in [3.05, 3.63) is 52.2 Å². The van der Waals surface area contributed by atoms with Crippen LogP contribution in [0.4, 0.5) is 5.69 Å². The van der Waals surface area contributed by atoms with Gasteiger partial charge in [-0.3, -0.25) is 14.5 Å². The minimum Gasteiger partial charge on any atom is -0.346 e. The highest BCUT2D eigenvalue weighted by molar-refractivity contribution is 7.08. The first-order valence-electron chi connectivity index (χ1n) is 9.55. The molecular weight excluding hydrogens is 358 g/mol. The highest BCUT2D eigenvalue weighted by Crippen LogP contribution is 2.25. The Hall–Kier alpha value is -2.18. The number of hydrogen-bond acceptors (Lipinski definition) is 4. The lowest BCUT2D eigenvalue weighted by Gasteiger charge is -2.30. The Morgan fingerprint density at radius 3 is 2.56 bits per heavy atom. The van der Waals surface area contributed by atoms with Crippen LogP contribution in [-0.4, -0.2) is 36.3 Å². The first-order chi connectivity index (χ1) is 13.1. The lowest BCUT2D eigenvalue weighted by molar-refractivity contribution is -0.136. The summed E-state index contributed by atoms with van der Waals surface area (Å²) in [7, 11) is 0. The van der Waals surface area contributed by atoms with Crippen LogP contribution >= 0.6 is 11.3 Å². The van der Waals surface area contributed by atoms with Crippen molar-refractivity contribution >= 4 is 28.8 Å². The Morgan fingerprint density at radius 2 is 1.89 bits per heavy atom. The number of amides is 2. The summed E-state index contributed by atoms with van der Waals surface area (Å²) in [6, 6.07) is 9.65. The molecule has 6 heteroatoms. The van der Waals surface area contributed by atoms with Gasteiger partial charge in [-0.1, -0.05) is 25.0 Å². The molecule has 1 atom stereocenters. The zero-order valence-corrected chi connectivity index (χ0v) is 16.6. The smallest absolute Gasteiger partial charge is 0.313 e. The summed E-state index contributed by atoms with van der Waals surface area (Å²) in [4.78, 5) is 27.0. The molecule has 2 aromatic rings. The number of nitrogens with one attached hydrogen (secondary N) is 2. The van der Waals surface area contributed by atoms with Crippen LogP contribution in [0.25, 0.3) is 0 Å². The zero-order chi connectivity index (χ0) is 19.1. The molecule has 1 unspecified atom stereocenters. The van der Waals surface area contributed by atoms with Crippen LogP contribution in [0, 0.1) is 6.92 Å². The molecule has 27 heavy (non-hydrogen) atoms. The number of nitrogens with zero attached hydrogens (tertiary/aromatic N) is 1. The van der Waals surface area contributed by atoms with Crippen LogP contribution in [0.15, 0.2) is 41.1 Å². The molecule has 2 N–H and O–H groups in total.